The van der Waals surface area contributed by atoms with Crippen LogP contribution in [0.2, 0.25) is 0 Å². The molecule has 0 saturated heterocycles. The van der Waals surface area contributed by atoms with E-state index in [9.17, 15) is 0 Å². The highest BCUT2D eigenvalue weighted by atomic mass is 16.5. The van der Waals surface area contributed by atoms with E-state index in [-0.39, 0.29) is 0 Å². The molecule has 26 heavy (non-hydrogen) atoms. The van der Waals surface area contributed by atoms with Crippen molar-refractivity contribution in [2.45, 2.75) is 13.5 Å². The van der Waals surface area contributed by atoms with Crippen LogP contribution in [0.1, 0.15) is 11.1 Å². The maximum absolute atomic E-state index is 5.41. The van der Waals surface area contributed by atoms with Crippen LogP contribution in [0.4, 0.5) is 17.5 Å². The van der Waals surface area contributed by atoms with Gasteiger partial charge in [0.15, 0.2) is 0 Å². The first-order valence-corrected chi connectivity index (χ1v) is 8.30. The van der Waals surface area contributed by atoms with Gasteiger partial charge in [0.2, 0.25) is 5.95 Å². The molecule has 3 aromatic rings. The van der Waals surface area contributed by atoms with Gasteiger partial charge in [-0.15, -0.1) is 0 Å². The molecule has 6 heteroatoms. The van der Waals surface area contributed by atoms with Gasteiger partial charge < -0.3 is 20.1 Å². The van der Waals surface area contributed by atoms with Crippen molar-refractivity contribution in [3.05, 3.63) is 65.9 Å². The summed E-state index contributed by atoms with van der Waals surface area (Å²) in [6.45, 7) is 2.76. The lowest BCUT2D eigenvalue weighted by Crippen LogP contribution is -2.06. The van der Waals surface area contributed by atoms with Crippen LogP contribution in [-0.4, -0.2) is 24.2 Å². The number of benzene rings is 2. The van der Waals surface area contributed by atoms with Gasteiger partial charge in [0.1, 0.15) is 17.3 Å². The van der Waals surface area contributed by atoms with Gasteiger partial charge in [-0.05, 0) is 36.2 Å². The first kappa shape index (κ1) is 17.5. The zero-order chi connectivity index (χ0) is 18.4. The summed E-state index contributed by atoms with van der Waals surface area (Å²) in [5.74, 6) is 2.65. The van der Waals surface area contributed by atoms with Crippen LogP contribution in [0.3, 0.4) is 0 Å². The highest BCUT2D eigenvalue weighted by molar-refractivity contribution is 5.66. The Morgan fingerprint density at radius 2 is 1.85 bits per heavy atom. The number of hydrogen-bond acceptors (Lipinski definition) is 6. The van der Waals surface area contributed by atoms with Crippen LogP contribution < -0.4 is 20.1 Å². The summed E-state index contributed by atoms with van der Waals surface area (Å²) < 4.78 is 10.6. The lowest BCUT2D eigenvalue weighted by Gasteiger charge is -2.13. The maximum atomic E-state index is 5.41. The Kier molecular flexibility index (Phi) is 5.53. The van der Waals surface area contributed by atoms with E-state index >= 15 is 0 Å². The van der Waals surface area contributed by atoms with Gasteiger partial charge in [0.25, 0.3) is 0 Å². The normalized spacial score (nSPS) is 10.3. The van der Waals surface area contributed by atoms with E-state index in [4.69, 9.17) is 9.47 Å². The second-order valence-electron chi connectivity index (χ2n) is 5.74. The molecule has 2 aromatic carbocycles. The Morgan fingerprint density at radius 3 is 2.62 bits per heavy atom. The molecule has 0 unspecified atom stereocenters. The molecule has 6 nitrogen and oxygen atoms in total. The molecule has 0 atom stereocenters. The number of hydrogen-bond donors (Lipinski definition) is 2. The molecule has 3 rings (SSSR count). The molecule has 0 aliphatic rings. The van der Waals surface area contributed by atoms with Crippen molar-refractivity contribution in [2.75, 3.05) is 24.9 Å². The van der Waals surface area contributed by atoms with Crippen LogP contribution in [0.15, 0.2) is 54.7 Å². The average molecular weight is 350 g/mol. The Morgan fingerprint density at radius 1 is 1.00 bits per heavy atom. The predicted octanol–water partition coefficient (Wildman–Crippen LogP) is 4.16. The summed E-state index contributed by atoms with van der Waals surface area (Å²) >= 11 is 0. The van der Waals surface area contributed by atoms with Gasteiger partial charge >= 0.3 is 0 Å². The number of ether oxygens (including phenoxy) is 2. The summed E-state index contributed by atoms with van der Waals surface area (Å²) in [6, 6.07) is 15.6. The van der Waals surface area contributed by atoms with E-state index in [1.165, 1.54) is 11.1 Å². The largest absolute Gasteiger partial charge is 0.497 e. The van der Waals surface area contributed by atoms with Crippen molar-refractivity contribution in [1.29, 1.82) is 0 Å². The quantitative estimate of drug-likeness (QED) is 0.667. The third kappa shape index (κ3) is 4.22. The smallest absolute Gasteiger partial charge is 0.224 e. The van der Waals surface area contributed by atoms with Gasteiger partial charge in [0.05, 0.1) is 19.9 Å². The zero-order valence-electron chi connectivity index (χ0n) is 15.1. The van der Waals surface area contributed by atoms with Crippen molar-refractivity contribution in [3.63, 3.8) is 0 Å². The molecule has 0 bridgehead atoms. The summed E-state index contributed by atoms with van der Waals surface area (Å²) in [7, 11) is 3.24. The zero-order valence-corrected chi connectivity index (χ0v) is 15.1. The van der Waals surface area contributed by atoms with Gasteiger partial charge in [-0.2, -0.15) is 4.98 Å². The Bertz CT molecular complexity index is 883. The van der Waals surface area contributed by atoms with Gasteiger partial charge in [-0.3, -0.25) is 0 Å². The summed E-state index contributed by atoms with van der Waals surface area (Å²) in [6.07, 6.45) is 1.71. The molecule has 0 radical (unpaired) electrons. The van der Waals surface area contributed by atoms with Gasteiger partial charge in [-0.1, -0.05) is 24.3 Å². The predicted molar refractivity (Wildman–Crippen MR) is 103 cm³/mol. The Balaban J connectivity index is 1.72. The summed E-state index contributed by atoms with van der Waals surface area (Å²) in [4.78, 5) is 8.79. The molecule has 0 saturated carbocycles. The molecule has 2 N–H and O–H groups in total. The van der Waals surface area contributed by atoms with E-state index in [2.05, 4.69) is 39.7 Å². The summed E-state index contributed by atoms with van der Waals surface area (Å²) in [5.41, 5.74) is 3.25. The number of nitrogens with zero attached hydrogens (tertiary/aromatic N) is 2. The van der Waals surface area contributed by atoms with Crippen LogP contribution in [0, 0.1) is 6.92 Å². The standard InChI is InChI=1S/C20H22N4O2/c1-14-6-4-5-7-15(14)13-22-20-21-11-10-19(24-20)23-17-9-8-16(25-2)12-18(17)26-3/h4-12H,13H2,1-3H3,(H2,21,22,23,24). The van der Waals surface area contributed by atoms with E-state index in [1.54, 1.807) is 20.4 Å². The minimum Gasteiger partial charge on any atom is -0.497 e. The van der Waals surface area contributed by atoms with Crippen LogP contribution in [0.5, 0.6) is 11.5 Å². The second kappa shape index (κ2) is 8.20. The molecule has 1 aromatic heterocycles. The number of methoxy groups -OCH3 is 2. The van der Waals surface area contributed by atoms with Gasteiger partial charge in [0, 0.05) is 18.8 Å². The fourth-order valence-corrected chi connectivity index (χ4v) is 2.54. The van der Waals surface area contributed by atoms with Crippen molar-refractivity contribution in [1.82, 2.24) is 9.97 Å². The average Bonchev–Trinajstić information content (AvgIpc) is 2.68. The lowest BCUT2D eigenvalue weighted by atomic mass is 10.1. The lowest BCUT2D eigenvalue weighted by molar-refractivity contribution is 0.395. The number of nitrogens with one attached hydrogen (secondary N) is 2. The van der Waals surface area contributed by atoms with Crippen molar-refractivity contribution < 1.29 is 9.47 Å². The molecule has 0 aliphatic heterocycles. The number of aromatic nitrogens is 2. The van der Waals surface area contributed by atoms with Gasteiger partial charge in [-0.25, -0.2) is 4.98 Å². The fraction of sp³-hybridized carbons (Fsp3) is 0.200. The van der Waals surface area contributed by atoms with Crippen molar-refractivity contribution in [3.8, 4) is 11.5 Å². The minimum atomic E-state index is 0.561. The second-order valence-corrected chi connectivity index (χ2v) is 5.74. The Hall–Kier alpha value is -3.28. The van der Waals surface area contributed by atoms with E-state index < -0.39 is 0 Å². The number of aryl methyl sites for hydroxylation is 1. The maximum Gasteiger partial charge on any atom is 0.224 e. The Labute approximate surface area is 153 Å². The number of rotatable bonds is 7. The van der Waals surface area contributed by atoms with Crippen LogP contribution in [-0.2, 0) is 6.54 Å². The first-order valence-electron chi connectivity index (χ1n) is 8.30. The molecule has 134 valence electrons. The van der Waals surface area contributed by atoms with Crippen molar-refractivity contribution >= 4 is 17.5 Å². The minimum absolute atomic E-state index is 0.561. The number of anilines is 3. The van der Waals surface area contributed by atoms with E-state index in [0.717, 1.165) is 11.4 Å². The van der Waals surface area contributed by atoms with E-state index in [1.807, 2.05) is 36.4 Å². The van der Waals surface area contributed by atoms with Crippen molar-refractivity contribution in [2.24, 2.45) is 0 Å². The third-order valence-corrected chi connectivity index (χ3v) is 4.03. The highest BCUT2D eigenvalue weighted by Gasteiger charge is 2.07. The molecular weight excluding hydrogens is 328 g/mol. The molecule has 0 fully saturated rings. The first-order chi connectivity index (χ1) is 12.7. The molecule has 1 heterocycles. The molecule has 0 aliphatic carbocycles. The molecule has 0 spiro atoms. The topological polar surface area (TPSA) is 68.3 Å². The van der Waals surface area contributed by atoms with E-state index in [0.29, 0.717) is 24.1 Å². The molecule has 0 amide bonds. The third-order valence-electron chi connectivity index (χ3n) is 4.03. The monoisotopic (exact) mass is 350 g/mol. The highest BCUT2D eigenvalue weighted by Crippen LogP contribution is 2.31. The van der Waals surface area contributed by atoms with Crippen LogP contribution >= 0.6 is 0 Å². The van der Waals surface area contributed by atoms with Crippen LogP contribution in [0.25, 0.3) is 0 Å². The SMILES string of the molecule is COc1ccc(Nc2ccnc(NCc3ccccc3C)n2)c(OC)c1. The summed E-state index contributed by atoms with van der Waals surface area (Å²) in [5, 5.41) is 6.51. The fourth-order valence-electron chi connectivity index (χ4n) is 2.54. The molecular formula is C20H22N4O2.